The first-order chi connectivity index (χ1) is 4.70. The van der Waals surface area contributed by atoms with Crippen LogP contribution in [0.4, 0.5) is 0 Å². The van der Waals surface area contributed by atoms with Gasteiger partial charge in [-0.05, 0) is 17.3 Å². The topological polar surface area (TPSA) is 0 Å². The van der Waals surface area contributed by atoms with Gasteiger partial charge in [-0.15, -0.1) is 0 Å². The zero-order valence-corrected chi connectivity index (χ0v) is 7.35. The van der Waals surface area contributed by atoms with Gasteiger partial charge in [0, 0.05) is 0 Å². The van der Waals surface area contributed by atoms with Crippen LogP contribution in [0.5, 0.6) is 0 Å². The molecular formula is C9H17B. The van der Waals surface area contributed by atoms with Gasteiger partial charge in [0.1, 0.15) is 0 Å². The van der Waals surface area contributed by atoms with Crippen LogP contribution in [0.15, 0.2) is 0 Å². The van der Waals surface area contributed by atoms with E-state index in [2.05, 4.69) is 20.8 Å². The fraction of sp³-hybridized carbons (Fsp3) is 1.00. The molecule has 1 aliphatic carbocycles. The molecule has 0 aromatic carbocycles. The Morgan fingerprint density at radius 1 is 1.30 bits per heavy atom. The highest BCUT2D eigenvalue weighted by Gasteiger charge is 2.56. The van der Waals surface area contributed by atoms with Gasteiger partial charge in [0.2, 0.25) is 0 Å². The highest BCUT2D eigenvalue weighted by atomic mass is 14.6. The van der Waals surface area contributed by atoms with Gasteiger partial charge in [0.25, 0.3) is 0 Å². The predicted molar refractivity (Wildman–Crippen MR) is 46.2 cm³/mol. The zero-order chi connectivity index (χ0) is 7.78. The highest BCUT2D eigenvalue weighted by molar-refractivity contribution is 6.09. The second-order valence-corrected chi connectivity index (χ2v) is 3.72. The van der Waals surface area contributed by atoms with Crippen molar-refractivity contribution in [2.24, 2.45) is 17.3 Å². The Balaban J connectivity index is 2.50. The van der Waals surface area contributed by atoms with Crippen molar-refractivity contribution < 1.29 is 0 Å². The van der Waals surface area contributed by atoms with Gasteiger partial charge in [-0.1, -0.05) is 39.9 Å². The maximum Gasteiger partial charge on any atom is 0.0657 e. The summed E-state index contributed by atoms with van der Waals surface area (Å²) in [5.74, 6) is 1.74. The number of hydrogen-bond acceptors (Lipinski definition) is 0. The Kier molecular flexibility index (Phi) is 2.12. The third kappa shape index (κ3) is 0.907. The normalized spacial score (nSPS) is 45.5. The minimum atomic E-state index is 0.601. The van der Waals surface area contributed by atoms with Crippen LogP contribution in [-0.4, -0.2) is 7.85 Å². The fourth-order valence-corrected chi connectivity index (χ4v) is 2.47. The van der Waals surface area contributed by atoms with Gasteiger partial charge < -0.3 is 0 Å². The maximum atomic E-state index is 5.65. The van der Waals surface area contributed by atoms with Gasteiger partial charge in [-0.25, -0.2) is 0 Å². The van der Waals surface area contributed by atoms with Gasteiger partial charge >= 0.3 is 0 Å². The van der Waals surface area contributed by atoms with E-state index in [1.54, 1.807) is 0 Å². The number of rotatable bonds is 3. The predicted octanol–water partition coefficient (Wildman–Crippen LogP) is 2.65. The van der Waals surface area contributed by atoms with Gasteiger partial charge in [0.15, 0.2) is 0 Å². The maximum absolute atomic E-state index is 5.65. The molecule has 3 atom stereocenters. The van der Waals surface area contributed by atoms with Crippen LogP contribution in [0, 0.1) is 17.3 Å². The van der Waals surface area contributed by atoms with E-state index >= 15 is 0 Å². The molecule has 1 rings (SSSR count). The molecule has 1 fully saturated rings. The highest BCUT2D eigenvalue weighted by Crippen LogP contribution is 2.63. The molecule has 1 saturated carbocycles. The smallest absolute Gasteiger partial charge is 0.0657 e. The summed E-state index contributed by atoms with van der Waals surface area (Å²) in [7, 11) is 5.65. The Morgan fingerprint density at radius 2 is 1.90 bits per heavy atom. The van der Waals surface area contributed by atoms with Gasteiger partial charge in [-0.3, -0.25) is 0 Å². The van der Waals surface area contributed by atoms with Crippen molar-refractivity contribution in [2.75, 3.05) is 0 Å². The third-order valence-electron chi connectivity index (χ3n) is 3.53. The Morgan fingerprint density at radius 3 is 2.00 bits per heavy atom. The summed E-state index contributed by atoms with van der Waals surface area (Å²) in [6.07, 6.45) is 3.50. The molecule has 0 N–H and O–H groups in total. The first-order valence-corrected chi connectivity index (χ1v) is 4.40. The molecule has 0 bridgehead atoms. The van der Waals surface area contributed by atoms with Crippen LogP contribution in [-0.2, 0) is 0 Å². The van der Waals surface area contributed by atoms with Crippen LogP contribution in [0.2, 0.25) is 6.32 Å². The summed E-state index contributed by atoms with van der Waals surface area (Å²) in [6, 6.07) is 0. The van der Waals surface area contributed by atoms with Crippen molar-refractivity contribution in [3.05, 3.63) is 0 Å². The van der Waals surface area contributed by atoms with Gasteiger partial charge in [0.05, 0.1) is 7.85 Å². The lowest BCUT2D eigenvalue weighted by Crippen LogP contribution is -1.95. The van der Waals surface area contributed by atoms with Crippen LogP contribution >= 0.6 is 0 Å². The molecule has 2 radical (unpaired) electrons. The molecule has 0 nitrogen and oxygen atoms in total. The molecule has 0 aliphatic heterocycles. The lowest BCUT2D eigenvalue weighted by Gasteiger charge is -2.05. The molecule has 1 aliphatic rings. The van der Waals surface area contributed by atoms with Crippen molar-refractivity contribution in [3.8, 4) is 0 Å². The van der Waals surface area contributed by atoms with E-state index in [1.807, 2.05) is 0 Å². The van der Waals surface area contributed by atoms with Crippen molar-refractivity contribution in [1.29, 1.82) is 0 Å². The summed E-state index contributed by atoms with van der Waals surface area (Å²) >= 11 is 0. The first-order valence-electron chi connectivity index (χ1n) is 4.40. The average molecular weight is 136 g/mol. The van der Waals surface area contributed by atoms with Crippen LogP contribution in [0.3, 0.4) is 0 Å². The summed E-state index contributed by atoms with van der Waals surface area (Å²) in [4.78, 5) is 0. The van der Waals surface area contributed by atoms with E-state index in [4.69, 9.17) is 7.85 Å². The first kappa shape index (κ1) is 8.16. The zero-order valence-electron chi connectivity index (χ0n) is 7.35. The molecule has 0 aromatic heterocycles. The van der Waals surface area contributed by atoms with E-state index in [-0.39, 0.29) is 0 Å². The van der Waals surface area contributed by atoms with Crippen molar-refractivity contribution in [3.63, 3.8) is 0 Å². The number of hydrogen-bond donors (Lipinski definition) is 0. The Labute approximate surface area is 65.8 Å². The van der Waals surface area contributed by atoms with Crippen molar-refractivity contribution >= 4 is 7.85 Å². The summed E-state index contributed by atoms with van der Waals surface area (Å²) < 4.78 is 0. The van der Waals surface area contributed by atoms with Gasteiger partial charge in [-0.2, -0.15) is 0 Å². The van der Waals surface area contributed by atoms with E-state index < -0.39 is 0 Å². The SMILES string of the molecule is [B]CC1C(CC)C1(C)CC. The minimum Gasteiger partial charge on any atom is -0.0851 e. The molecule has 0 aromatic rings. The summed E-state index contributed by atoms with van der Waals surface area (Å²) in [5.41, 5.74) is 0.601. The molecule has 1 heteroatoms. The van der Waals surface area contributed by atoms with E-state index in [1.165, 1.54) is 12.8 Å². The molecular weight excluding hydrogens is 119 g/mol. The molecule has 3 unspecified atom stereocenters. The molecule has 56 valence electrons. The standard InChI is InChI=1S/C9H17B/c1-4-7-8(6-10)9(7,3)5-2/h7-8H,4-6H2,1-3H3. The van der Waals surface area contributed by atoms with E-state index in [0.29, 0.717) is 5.41 Å². The summed E-state index contributed by atoms with van der Waals surface area (Å²) in [6.45, 7) is 6.92. The molecule has 0 saturated heterocycles. The second kappa shape index (κ2) is 2.60. The van der Waals surface area contributed by atoms with Crippen LogP contribution in [0.25, 0.3) is 0 Å². The summed E-state index contributed by atoms with van der Waals surface area (Å²) in [5, 5.41) is 0. The second-order valence-electron chi connectivity index (χ2n) is 3.72. The van der Waals surface area contributed by atoms with E-state index in [0.717, 1.165) is 18.2 Å². The molecule has 0 heterocycles. The molecule has 0 spiro atoms. The Hall–Kier alpha value is 0.0649. The fourth-order valence-electron chi connectivity index (χ4n) is 2.47. The average Bonchev–Trinajstić information content (AvgIpc) is 2.56. The van der Waals surface area contributed by atoms with Crippen LogP contribution in [0.1, 0.15) is 33.6 Å². The van der Waals surface area contributed by atoms with E-state index in [9.17, 15) is 0 Å². The third-order valence-corrected chi connectivity index (χ3v) is 3.53. The quantitative estimate of drug-likeness (QED) is 0.523. The monoisotopic (exact) mass is 136 g/mol. The largest absolute Gasteiger partial charge is 0.0851 e. The van der Waals surface area contributed by atoms with Crippen molar-refractivity contribution in [1.82, 2.24) is 0 Å². The molecule has 10 heavy (non-hydrogen) atoms. The van der Waals surface area contributed by atoms with Crippen LogP contribution < -0.4 is 0 Å². The molecule has 0 amide bonds. The van der Waals surface area contributed by atoms with Crippen molar-refractivity contribution in [2.45, 2.75) is 39.9 Å². The Bertz CT molecular complexity index is 110. The minimum absolute atomic E-state index is 0.601. The lowest BCUT2D eigenvalue weighted by atomic mass is 9.93. The lowest BCUT2D eigenvalue weighted by molar-refractivity contribution is 0.463.